The van der Waals surface area contributed by atoms with Gasteiger partial charge >= 0.3 is 0 Å². The highest BCUT2D eigenvalue weighted by Gasteiger charge is 2.32. The summed E-state index contributed by atoms with van der Waals surface area (Å²) >= 11 is 0. The van der Waals surface area contributed by atoms with E-state index in [4.69, 9.17) is 9.47 Å². The Balaban J connectivity index is 2.04. The predicted octanol–water partition coefficient (Wildman–Crippen LogP) is 3.48. The van der Waals surface area contributed by atoms with Gasteiger partial charge in [-0.1, -0.05) is 17.7 Å². The van der Waals surface area contributed by atoms with E-state index < -0.39 is 0 Å². The fraction of sp³-hybridized carbons (Fsp3) is 0.111. The van der Waals surface area contributed by atoms with Gasteiger partial charge in [-0.05, 0) is 36.1 Å². The molecular formula is C18H11NO3. The molecule has 1 aliphatic carbocycles. The van der Waals surface area contributed by atoms with Crippen LogP contribution < -0.4 is 9.47 Å². The van der Waals surface area contributed by atoms with E-state index in [1.807, 2.05) is 37.3 Å². The van der Waals surface area contributed by atoms with Crippen molar-refractivity contribution in [3.05, 3.63) is 53.3 Å². The molecule has 0 bridgehead atoms. The van der Waals surface area contributed by atoms with Crippen molar-refractivity contribution in [2.75, 3.05) is 6.79 Å². The van der Waals surface area contributed by atoms with Gasteiger partial charge in [0.1, 0.15) is 5.69 Å². The first kappa shape index (κ1) is 11.7. The fourth-order valence-electron chi connectivity index (χ4n) is 3.33. The lowest BCUT2D eigenvalue weighted by Crippen LogP contribution is -2.12. The number of nitrogens with zero attached hydrogens (tertiary/aromatic N) is 1. The van der Waals surface area contributed by atoms with Gasteiger partial charge in [-0.15, -0.1) is 0 Å². The number of carbonyl (C=O) groups is 1. The summed E-state index contributed by atoms with van der Waals surface area (Å²) in [6.45, 7) is 2.18. The topological polar surface area (TPSA) is 48.4 Å². The minimum Gasteiger partial charge on any atom is -0.454 e. The van der Waals surface area contributed by atoms with Gasteiger partial charge in [0.25, 0.3) is 0 Å². The molecule has 1 aromatic heterocycles. The van der Waals surface area contributed by atoms with Gasteiger partial charge in [0, 0.05) is 22.7 Å². The van der Waals surface area contributed by atoms with Crippen LogP contribution in [0.15, 0.2) is 36.5 Å². The smallest absolute Gasteiger partial charge is 0.231 e. The Morgan fingerprint density at radius 1 is 1.09 bits per heavy atom. The number of hydrogen-bond donors (Lipinski definition) is 0. The van der Waals surface area contributed by atoms with Gasteiger partial charge in [0.15, 0.2) is 11.5 Å². The Morgan fingerprint density at radius 3 is 2.91 bits per heavy atom. The van der Waals surface area contributed by atoms with Gasteiger partial charge in [-0.25, -0.2) is 0 Å². The zero-order valence-electron chi connectivity index (χ0n) is 11.8. The van der Waals surface area contributed by atoms with E-state index in [9.17, 15) is 4.79 Å². The third kappa shape index (κ3) is 1.32. The van der Waals surface area contributed by atoms with Gasteiger partial charge in [0.2, 0.25) is 12.6 Å². The summed E-state index contributed by atoms with van der Waals surface area (Å²) in [4.78, 5) is 17.1. The van der Waals surface area contributed by atoms with Crippen LogP contribution in [0.3, 0.4) is 0 Å². The van der Waals surface area contributed by atoms with Crippen molar-refractivity contribution in [1.82, 2.24) is 4.98 Å². The molecule has 0 saturated heterocycles. The SMILES string of the molecule is Cc1ccc2c(c1)C(=O)c1nccc3cc4c(c-2c13)OCO4. The number of rotatable bonds is 0. The van der Waals surface area contributed by atoms with Crippen LogP contribution in [0.5, 0.6) is 11.5 Å². The lowest BCUT2D eigenvalue weighted by atomic mass is 9.84. The van der Waals surface area contributed by atoms with Gasteiger partial charge in [-0.2, -0.15) is 0 Å². The number of aryl methyl sites for hydroxylation is 1. The predicted molar refractivity (Wildman–Crippen MR) is 81.5 cm³/mol. The van der Waals surface area contributed by atoms with E-state index >= 15 is 0 Å². The van der Waals surface area contributed by atoms with Crippen LogP contribution in [0.1, 0.15) is 21.6 Å². The Kier molecular flexibility index (Phi) is 2.06. The van der Waals surface area contributed by atoms with Gasteiger partial charge in [0.05, 0.1) is 0 Å². The second-order valence-electron chi connectivity index (χ2n) is 5.62. The molecule has 4 nitrogen and oxygen atoms in total. The number of fused-ring (bicyclic) bond motifs is 4. The molecule has 0 N–H and O–H groups in total. The van der Waals surface area contributed by atoms with Gasteiger partial charge < -0.3 is 9.47 Å². The first-order valence-electron chi connectivity index (χ1n) is 7.11. The standard InChI is InChI=1S/C18H11NO3/c1-9-2-3-11-12(6-9)17(20)16-14-10(4-5-19-16)7-13-18(15(11)14)22-8-21-13/h2-7H,8H2,1H3. The number of ketones is 1. The average molecular weight is 289 g/mol. The number of aromatic nitrogens is 1. The van der Waals surface area contributed by atoms with E-state index in [0.717, 1.165) is 33.2 Å². The van der Waals surface area contributed by atoms with E-state index in [2.05, 4.69) is 4.98 Å². The Hall–Kier alpha value is -2.88. The normalized spacial score (nSPS) is 14.3. The highest BCUT2D eigenvalue weighted by Crippen LogP contribution is 2.50. The molecule has 0 fully saturated rings. The molecule has 1 aliphatic heterocycles. The summed E-state index contributed by atoms with van der Waals surface area (Å²) < 4.78 is 11.2. The van der Waals surface area contributed by atoms with Crippen LogP contribution in [0, 0.1) is 6.92 Å². The quantitative estimate of drug-likeness (QED) is 0.497. The van der Waals surface area contributed by atoms with Crippen molar-refractivity contribution < 1.29 is 14.3 Å². The summed E-state index contributed by atoms with van der Waals surface area (Å²) in [5.41, 5.74) is 4.03. The molecule has 0 radical (unpaired) electrons. The maximum absolute atomic E-state index is 12.8. The molecule has 2 aliphatic rings. The number of ether oxygens (including phenoxy) is 2. The second kappa shape index (κ2) is 3.85. The molecule has 22 heavy (non-hydrogen) atoms. The number of benzene rings is 2. The molecule has 0 amide bonds. The molecule has 2 heterocycles. The summed E-state index contributed by atoms with van der Waals surface area (Å²) in [5.74, 6) is 1.40. The van der Waals surface area contributed by atoms with Crippen LogP contribution in [0.2, 0.25) is 0 Å². The number of pyridine rings is 1. The van der Waals surface area contributed by atoms with Crippen molar-refractivity contribution in [3.63, 3.8) is 0 Å². The fourth-order valence-corrected chi connectivity index (χ4v) is 3.33. The monoisotopic (exact) mass is 289 g/mol. The lowest BCUT2D eigenvalue weighted by molar-refractivity contribution is 0.103. The maximum Gasteiger partial charge on any atom is 0.231 e. The van der Waals surface area contributed by atoms with E-state index in [1.165, 1.54) is 0 Å². The second-order valence-corrected chi connectivity index (χ2v) is 5.62. The third-order valence-corrected chi connectivity index (χ3v) is 4.29. The average Bonchev–Trinajstić information content (AvgIpc) is 2.99. The highest BCUT2D eigenvalue weighted by atomic mass is 16.7. The van der Waals surface area contributed by atoms with E-state index in [0.29, 0.717) is 17.0 Å². The summed E-state index contributed by atoms with van der Waals surface area (Å²) in [6, 6.07) is 9.72. The minimum atomic E-state index is -0.0318. The van der Waals surface area contributed by atoms with Gasteiger partial charge in [-0.3, -0.25) is 9.78 Å². The molecule has 4 heteroatoms. The summed E-state index contributed by atoms with van der Waals surface area (Å²) in [7, 11) is 0. The molecule has 0 spiro atoms. The Bertz CT molecular complexity index is 991. The minimum absolute atomic E-state index is 0.0318. The van der Waals surface area contributed by atoms with Crippen molar-refractivity contribution >= 4 is 16.6 Å². The van der Waals surface area contributed by atoms with Crippen molar-refractivity contribution in [2.24, 2.45) is 0 Å². The molecule has 5 rings (SSSR count). The van der Waals surface area contributed by atoms with Crippen LogP contribution in [0.4, 0.5) is 0 Å². The van der Waals surface area contributed by atoms with Crippen LogP contribution in [-0.2, 0) is 0 Å². The Labute approximate surface area is 126 Å². The molecular weight excluding hydrogens is 278 g/mol. The first-order chi connectivity index (χ1) is 10.7. The van der Waals surface area contributed by atoms with Crippen molar-refractivity contribution in [1.29, 1.82) is 0 Å². The van der Waals surface area contributed by atoms with E-state index in [1.54, 1.807) is 6.20 Å². The summed E-state index contributed by atoms with van der Waals surface area (Å²) in [6.07, 6.45) is 1.67. The molecule has 0 saturated carbocycles. The largest absolute Gasteiger partial charge is 0.454 e. The van der Waals surface area contributed by atoms with E-state index in [-0.39, 0.29) is 12.6 Å². The first-order valence-corrected chi connectivity index (χ1v) is 7.11. The highest BCUT2D eigenvalue weighted by molar-refractivity contribution is 6.26. The lowest BCUT2D eigenvalue weighted by Gasteiger charge is -2.20. The molecule has 2 aromatic carbocycles. The molecule has 0 unspecified atom stereocenters. The van der Waals surface area contributed by atoms with Crippen LogP contribution >= 0.6 is 0 Å². The molecule has 3 aromatic rings. The van der Waals surface area contributed by atoms with Crippen LogP contribution in [-0.4, -0.2) is 17.6 Å². The molecule has 106 valence electrons. The zero-order chi connectivity index (χ0) is 14.8. The number of hydrogen-bond acceptors (Lipinski definition) is 4. The zero-order valence-corrected chi connectivity index (χ0v) is 11.8. The van der Waals surface area contributed by atoms with Crippen LogP contribution in [0.25, 0.3) is 21.9 Å². The number of carbonyl (C=O) groups excluding carboxylic acids is 1. The van der Waals surface area contributed by atoms with Crippen molar-refractivity contribution in [2.45, 2.75) is 6.92 Å². The summed E-state index contributed by atoms with van der Waals surface area (Å²) in [5, 5.41) is 1.80. The Morgan fingerprint density at radius 2 is 2.00 bits per heavy atom. The third-order valence-electron chi connectivity index (χ3n) is 4.29. The van der Waals surface area contributed by atoms with Crippen molar-refractivity contribution in [3.8, 4) is 22.6 Å². The maximum atomic E-state index is 12.8. The molecule has 0 atom stereocenters.